The number of hydrogen-bond acceptors (Lipinski definition) is 3. The van der Waals surface area contributed by atoms with Gasteiger partial charge in [-0.1, -0.05) is 6.07 Å². The highest BCUT2D eigenvalue weighted by Gasteiger charge is 2.36. The number of aryl methyl sites for hydroxylation is 1. The second-order valence-electron chi connectivity index (χ2n) is 4.68. The smallest absolute Gasteiger partial charge is 0.323 e. The minimum absolute atomic E-state index is 0.0104. The average molecular weight is 220 g/mol. The van der Waals surface area contributed by atoms with Crippen LogP contribution in [0.4, 0.5) is 11.4 Å². The summed E-state index contributed by atoms with van der Waals surface area (Å²) in [4.78, 5) is 12.7. The number of aliphatic carboxylic acids is 1. The van der Waals surface area contributed by atoms with Crippen LogP contribution in [0.1, 0.15) is 19.4 Å². The summed E-state index contributed by atoms with van der Waals surface area (Å²) in [6.45, 7) is 5.97. The maximum absolute atomic E-state index is 10.9. The van der Waals surface area contributed by atoms with Gasteiger partial charge in [-0.3, -0.25) is 4.79 Å². The summed E-state index contributed by atoms with van der Waals surface area (Å²) >= 11 is 0. The molecular weight excluding hydrogens is 204 g/mol. The van der Waals surface area contributed by atoms with Gasteiger partial charge in [-0.05, 0) is 38.5 Å². The molecule has 0 saturated heterocycles. The Morgan fingerprint density at radius 2 is 2.19 bits per heavy atom. The zero-order valence-electron chi connectivity index (χ0n) is 9.74. The average Bonchev–Trinajstić information content (AvgIpc) is 2.38. The quantitative estimate of drug-likeness (QED) is 0.801. The van der Waals surface area contributed by atoms with Gasteiger partial charge in [0.05, 0.1) is 11.4 Å². The van der Waals surface area contributed by atoms with Crippen LogP contribution in [0.5, 0.6) is 0 Å². The fourth-order valence-electron chi connectivity index (χ4n) is 2.09. The van der Waals surface area contributed by atoms with Gasteiger partial charge in [0.1, 0.15) is 12.2 Å². The second-order valence-corrected chi connectivity index (χ2v) is 4.68. The van der Waals surface area contributed by atoms with Gasteiger partial charge in [0.2, 0.25) is 0 Å². The van der Waals surface area contributed by atoms with E-state index in [9.17, 15) is 4.79 Å². The lowest BCUT2D eigenvalue weighted by Crippen LogP contribution is -2.47. The SMILES string of the molecule is Cc1ccc2c(c1)N(CC(=O)O)C(C)(C)N2. The van der Waals surface area contributed by atoms with Gasteiger partial charge in [0, 0.05) is 0 Å². The van der Waals surface area contributed by atoms with Crippen molar-refractivity contribution in [3.05, 3.63) is 23.8 Å². The first-order valence-corrected chi connectivity index (χ1v) is 5.28. The van der Waals surface area contributed by atoms with Crippen molar-refractivity contribution in [1.82, 2.24) is 0 Å². The number of carboxylic acids is 1. The number of anilines is 2. The lowest BCUT2D eigenvalue weighted by atomic mass is 10.2. The molecule has 2 rings (SSSR count). The van der Waals surface area contributed by atoms with E-state index in [0.717, 1.165) is 16.9 Å². The van der Waals surface area contributed by atoms with Crippen molar-refractivity contribution < 1.29 is 9.90 Å². The Hall–Kier alpha value is -1.71. The number of benzene rings is 1. The molecule has 0 amide bonds. The van der Waals surface area contributed by atoms with E-state index < -0.39 is 5.97 Å². The standard InChI is InChI=1S/C12H16N2O2/c1-8-4-5-9-10(6-8)14(7-11(15)16)12(2,3)13-9/h4-6,13H,7H2,1-3H3,(H,15,16). The zero-order chi connectivity index (χ0) is 11.9. The first kappa shape index (κ1) is 10.8. The summed E-state index contributed by atoms with van der Waals surface area (Å²) in [5, 5.41) is 12.3. The van der Waals surface area contributed by atoms with Crippen LogP contribution in [-0.4, -0.2) is 23.3 Å². The van der Waals surface area contributed by atoms with Crippen molar-refractivity contribution in [3.8, 4) is 0 Å². The predicted octanol–water partition coefficient (Wildman–Crippen LogP) is 2.05. The van der Waals surface area contributed by atoms with E-state index in [1.54, 1.807) is 0 Å². The summed E-state index contributed by atoms with van der Waals surface area (Å²) in [6, 6.07) is 6.03. The molecule has 4 heteroatoms. The van der Waals surface area contributed by atoms with Crippen LogP contribution in [0.2, 0.25) is 0 Å². The molecule has 4 nitrogen and oxygen atoms in total. The molecule has 0 atom stereocenters. The molecule has 0 unspecified atom stereocenters. The third kappa shape index (κ3) is 1.71. The molecule has 86 valence electrons. The first-order chi connectivity index (χ1) is 7.40. The topological polar surface area (TPSA) is 52.6 Å². The van der Waals surface area contributed by atoms with Gasteiger partial charge in [-0.15, -0.1) is 0 Å². The molecule has 16 heavy (non-hydrogen) atoms. The number of nitrogens with one attached hydrogen (secondary N) is 1. The van der Waals surface area contributed by atoms with Crippen LogP contribution in [0, 0.1) is 6.92 Å². The molecule has 0 aromatic heterocycles. The number of carbonyl (C=O) groups is 1. The Balaban J connectivity index is 2.43. The molecule has 1 aromatic carbocycles. The van der Waals surface area contributed by atoms with Crippen LogP contribution in [0.3, 0.4) is 0 Å². The van der Waals surface area contributed by atoms with E-state index in [1.165, 1.54) is 0 Å². The summed E-state index contributed by atoms with van der Waals surface area (Å²) in [6.07, 6.45) is 0. The third-order valence-electron chi connectivity index (χ3n) is 2.85. The molecule has 0 saturated carbocycles. The van der Waals surface area contributed by atoms with Crippen molar-refractivity contribution in [2.24, 2.45) is 0 Å². The minimum atomic E-state index is -0.816. The number of carboxylic acid groups (broad SMARTS) is 1. The van der Waals surface area contributed by atoms with Gasteiger partial charge in [-0.25, -0.2) is 0 Å². The molecule has 0 spiro atoms. The number of nitrogens with zero attached hydrogens (tertiary/aromatic N) is 1. The molecule has 0 aliphatic carbocycles. The van der Waals surface area contributed by atoms with Crippen LogP contribution < -0.4 is 10.2 Å². The Kier molecular flexibility index (Phi) is 2.30. The molecule has 1 aliphatic heterocycles. The van der Waals surface area contributed by atoms with Crippen molar-refractivity contribution in [3.63, 3.8) is 0 Å². The predicted molar refractivity (Wildman–Crippen MR) is 63.9 cm³/mol. The molecule has 1 aliphatic rings. The summed E-state index contributed by atoms with van der Waals surface area (Å²) in [7, 11) is 0. The highest BCUT2D eigenvalue weighted by Crippen LogP contribution is 2.39. The van der Waals surface area contributed by atoms with Crippen molar-refractivity contribution in [2.45, 2.75) is 26.4 Å². The van der Waals surface area contributed by atoms with Crippen LogP contribution in [0.15, 0.2) is 18.2 Å². The monoisotopic (exact) mass is 220 g/mol. The van der Waals surface area contributed by atoms with Gasteiger partial charge in [0.15, 0.2) is 0 Å². The van der Waals surface area contributed by atoms with Crippen molar-refractivity contribution >= 4 is 17.3 Å². The Bertz CT molecular complexity index is 441. The van der Waals surface area contributed by atoms with E-state index in [1.807, 2.05) is 43.9 Å². The van der Waals surface area contributed by atoms with Crippen LogP contribution in [0.25, 0.3) is 0 Å². The Morgan fingerprint density at radius 3 is 2.81 bits per heavy atom. The highest BCUT2D eigenvalue weighted by atomic mass is 16.4. The van der Waals surface area contributed by atoms with Crippen LogP contribution in [-0.2, 0) is 4.79 Å². The van der Waals surface area contributed by atoms with Gasteiger partial charge in [0.25, 0.3) is 0 Å². The number of fused-ring (bicyclic) bond motifs is 1. The normalized spacial score (nSPS) is 16.8. The number of rotatable bonds is 2. The van der Waals surface area contributed by atoms with Crippen molar-refractivity contribution in [2.75, 3.05) is 16.8 Å². The van der Waals surface area contributed by atoms with E-state index in [0.29, 0.717) is 0 Å². The number of hydrogen-bond donors (Lipinski definition) is 2. The molecule has 0 fully saturated rings. The fraction of sp³-hybridized carbons (Fsp3) is 0.417. The van der Waals surface area contributed by atoms with E-state index >= 15 is 0 Å². The maximum Gasteiger partial charge on any atom is 0.323 e. The zero-order valence-corrected chi connectivity index (χ0v) is 9.74. The third-order valence-corrected chi connectivity index (χ3v) is 2.85. The lowest BCUT2D eigenvalue weighted by Gasteiger charge is -2.32. The van der Waals surface area contributed by atoms with Crippen molar-refractivity contribution in [1.29, 1.82) is 0 Å². The van der Waals surface area contributed by atoms with E-state index in [4.69, 9.17) is 5.11 Å². The molecule has 1 heterocycles. The van der Waals surface area contributed by atoms with E-state index in [-0.39, 0.29) is 12.2 Å². The van der Waals surface area contributed by atoms with Gasteiger partial charge >= 0.3 is 5.97 Å². The second kappa shape index (κ2) is 3.40. The summed E-state index contributed by atoms with van der Waals surface area (Å²) in [5.41, 5.74) is 2.74. The Labute approximate surface area is 94.9 Å². The summed E-state index contributed by atoms with van der Waals surface area (Å²) < 4.78 is 0. The first-order valence-electron chi connectivity index (χ1n) is 5.28. The minimum Gasteiger partial charge on any atom is -0.480 e. The Morgan fingerprint density at radius 1 is 1.50 bits per heavy atom. The lowest BCUT2D eigenvalue weighted by molar-refractivity contribution is -0.135. The maximum atomic E-state index is 10.9. The fourth-order valence-corrected chi connectivity index (χ4v) is 2.09. The molecule has 2 N–H and O–H groups in total. The molecule has 0 radical (unpaired) electrons. The van der Waals surface area contributed by atoms with Crippen LogP contribution >= 0.6 is 0 Å². The van der Waals surface area contributed by atoms with Gasteiger partial charge < -0.3 is 15.3 Å². The van der Waals surface area contributed by atoms with E-state index in [2.05, 4.69) is 5.32 Å². The summed E-state index contributed by atoms with van der Waals surface area (Å²) in [5.74, 6) is -0.816. The molecule has 1 aromatic rings. The molecule has 0 bridgehead atoms. The highest BCUT2D eigenvalue weighted by molar-refractivity contribution is 5.83. The molecular formula is C12H16N2O2. The largest absolute Gasteiger partial charge is 0.480 e. The van der Waals surface area contributed by atoms with Gasteiger partial charge in [-0.2, -0.15) is 0 Å².